The fraction of sp³-hybridized carbons (Fsp3) is 0.0714. The average molecular weight is 777 g/mol. The van der Waals surface area contributed by atoms with Crippen molar-refractivity contribution in [3.8, 4) is 0 Å². The second-order valence-corrected chi connectivity index (χ2v) is 15.1. The first-order valence-electron chi connectivity index (χ1n) is 20.8. The lowest BCUT2D eigenvalue weighted by molar-refractivity contribution is 0.784. The molecule has 0 radical (unpaired) electrons. The molecule has 7 aromatic carbocycles. The molecule has 0 aliphatic heterocycles. The molecule has 4 heteroatoms. The van der Waals surface area contributed by atoms with Crippen LogP contribution in [0.4, 0.5) is 45.5 Å². The Labute approximate surface area is 354 Å². The Morgan fingerprint density at radius 3 is 2.00 bits per heavy atom. The molecule has 0 saturated carbocycles. The van der Waals surface area contributed by atoms with Crippen molar-refractivity contribution < 1.29 is 0 Å². The first-order chi connectivity index (χ1) is 29.7. The second-order valence-electron chi connectivity index (χ2n) is 15.1. The van der Waals surface area contributed by atoms with Crippen LogP contribution >= 0.6 is 0 Å². The lowest BCUT2D eigenvalue weighted by Crippen LogP contribution is -2.30. The van der Waals surface area contributed by atoms with Gasteiger partial charge in [-0.15, -0.1) is 0 Å². The number of benzene rings is 7. The molecule has 0 fully saturated rings. The molecule has 2 aliphatic rings. The maximum absolute atomic E-state index is 4.28. The van der Waals surface area contributed by atoms with E-state index in [9.17, 15) is 0 Å². The molecule has 1 unspecified atom stereocenters. The van der Waals surface area contributed by atoms with E-state index in [1.54, 1.807) is 0 Å². The molecule has 9 rings (SSSR count). The molecule has 0 heterocycles. The minimum atomic E-state index is 0.213. The number of hydrogen-bond acceptors (Lipinski definition) is 4. The summed E-state index contributed by atoms with van der Waals surface area (Å²) in [6.45, 7) is 4.28. The van der Waals surface area contributed by atoms with Crippen molar-refractivity contribution in [2.45, 2.75) is 25.3 Å². The molecule has 7 aromatic rings. The summed E-state index contributed by atoms with van der Waals surface area (Å²) in [6, 6.07) is 60.6. The molecule has 0 spiro atoms. The van der Waals surface area contributed by atoms with Gasteiger partial charge in [0.15, 0.2) is 0 Å². The number of aryl methyl sites for hydroxylation is 1. The average Bonchev–Trinajstić information content (AvgIpc) is 3.31. The zero-order valence-electron chi connectivity index (χ0n) is 33.7. The van der Waals surface area contributed by atoms with Gasteiger partial charge in [0.05, 0.1) is 6.04 Å². The largest absolute Gasteiger partial charge is 0.356 e. The van der Waals surface area contributed by atoms with Gasteiger partial charge in [0.1, 0.15) is 0 Å². The second kappa shape index (κ2) is 17.9. The van der Waals surface area contributed by atoms with Gasteiger partial charge in [-0.2, -0.15) is 0 Å². The summed E-state index contributed by atoms with van der Waals surface area (Å²) in [6.07, 6.45) is 24.9. The van der Waals surface area contributed by atoms with Crippen LogP contribution in [0.3, 0.4) is 0 Å². The molecule has 0 aromatic heterocycles. The highest BCUT2D eigenvalue weighted by Crippen LogP contribution is 2.37. The predicted octanol–water partition coefficient (Wildman–Crippen LogP) is 15.1. The van der Waals surface area contributed by atoms with Crippen molar-refractivity contribution >= 4 is 62.3 Å². The number of rotatable bonds is 13. The molecular weight excluding hydrogens is 729 g/mol. The van der Waals surface area contributed by atoms with Crippen LogP contribution in [0.15, 0.2) is 237 Å². The third-order valence-electron chi connectivity index (χ3n) is 11.2. The highest BCUT2D eigenvalue weighted by atomic mass is 15.2. The van der Waals surface area contributed by atoms with Gasteiger partial charge >= 0.3 is 0 Å². The van der Waals surface area contributed by atoms with Gasteiger partial charge < -0.3 is 20.0 Å². The van der Waals surface area contributed by atoms with E-state index >= 15 is 0 Å². The first kappa shape index (κ1) is 38.0. The van der Waals surface area contributed by atoms with E-state index in [2.05, 4.69) is 233 Å². The van der Waals surface area contributed by atoms with Crippen LogP contribution in [0.1, 0.15) is 24.0 Å². The van der Waals surface area contributed by atoms with Gasteiger partial charge in [-0.3, -0.25) is 0 Å². The van der Waals surface area contributed by atoms with Crippen molar-refractivity contribution in [3.63, 3.8) is 0 Å². The molecule has 2 aliphatic carbocycles. The van der Waals surface area contributed by atoms with E-state index in [-0.39, 0.29) is 6.04 Å². The van der Waals surface area contributed by atoms with Gasteiger partial charge in [0.25, 0.3) is 0 Å². The Hall–Kier alpha value is -7.56. The molecule has 0 saturated heterocycles. The van der Waals surface area contributed by atoms with Gasteiger partial charge in [-0.25, -0.2) is 0 Å². The van der Waals surface area contributed by atoms with E-state index in [0.717, 1.165) is 64.8 Å². The van der Waals surface area contributed by atoms with Crippen LogP contribution in [-0.4, -0.2) is 6.04 Å². The fourth-order valence-electron chi connectivity index (χ4n) is 8.15. The monoisotopic (exact) mass is 776 g/mol. The highest BCUT2D eigenvalue weighted by Gasteiger charge is 2.21. The van der Waals surface area contributed by atoms with Crippen molar-refractivity contribution in [2.75, 3.05) is 20.0 Å². The molecule has 0 bridgehead atoms. The van der Waals surface area contributed by atoms with Gasteiger partial charge in [-0.05, 0) is 156 Å². The Morgan fingerprint density at radius 2 is 1.25 bits per heavy atom. The van der Waals surface area contributed by atoms with Crippen molar-refractivity contribution in [3.05, 3.63) is 248 Å². The van der Waals surface area contributed by atoms with Crippen molar-refractivity contribution in [2.24, 2.45) is 0 Å². The van der Waals surface area contributed by atoms with Crippen LogP contribution in [0.25, 0.3) is 16.8 Å². The van der Waals surface area contributed by atoms with E-state index in [1.807, 2.05) is 24.3 Å². The summed E-state index contributed by atoms with van der Waals surface area (Å²) in [5, 5.41) is 5.93. The molecular formula is C56H48N4. The van der Waals surface area contributed by atoms with E-state index in [1.165, 1.54) is 27.6 Å². The van der Waals surface area contributed by atoms with E-state index < -0.39 is 0 Å². The summed E-state index contributed by atoms with van der Waals surface area (Å²) in [5.41, 5.74) is 12.3. The predicted molar refractivity (Wildman–Crippen MR) is 257 cm³/mol. The molecule has 1 N–H and O–H groups in total. The zero-order valence-corrected chi connectivity index (χ0v) is 33.7. The summed E-state index contributed by atoms with van der Waals surface area (Å²) < 4.78 is 0. The molecule has 60 heavy (non-hydrogen) atoms. The van der Waals surface area contributed by atoms with Gasteiger partial charge in [0, 0.05) is 57.4 Å². The number of para-hydroxylation sites is 2. The smallest absolute Gasteiger partial charge is 0.0559 e. The SMILES string of the molecule is C=C/C(=C\C=C\N(c1ccc(Nc2ccccc2)cc1)c1ccc(N(c2ccc3c(c2)C=CCC3)C2C=CC=CC2)cc1)N(c1ccccc1)c1ccc2ccccc2c1. The number of nitrogens with zero attached hydrogens (tertiary/aromatic N) is 3. The van der Waals surface area contributed by atoms with Crippen LogP contribution in [0.5, 0.6) is 0 Å². The Morgan fingerprint density at radius 1 is 0.583 bits per heavy atom. The van der Waals surface area contributed by atoms with Crippen LogP contribution < -0.4 is 20.0 Å². The minimum absolute atomic E-state index is 0.213. The third kappa shape index (κ3) is 8.50. The van der Waals surface area contributed by atoms with Crippen LogP contribution in [-0.2, 0) is 6.42 Å². The standard InChI is InChI=1S/C56H48N4/c1-2-49(59(52-23-8-4-9-24-52)55-32-28-43-17-12-14-19-45(43)41-55)27-16-40-58(50-34-30-48(31-35-50)57-47-21-6-3-7-22-47)51-36-38-54(39-37-51)60(53-25-10-5-11-26-53)56-33-29-44-18-13-15-20-46(44)42-56/h2-12,14-17,19-25,27-42,53,57H,1,13,18,26H2/b40-16+,49-27+. The molecule has 292 valence electrons. The van der Waals surface area contributed by atoms with Gasteiger partial charge in [-0.1, -0.05) is 116 Å². The van der Waals surface area contributed by atoms with Crippen molar-refractivity contribution in [1.82, 2.24) is 0 Å². The molecule has 0 amide bonds. The normalized spacial score (nSPS) is 14.5. The first-order valence-corrected chi connectivity index (χ1v) is 20.8. The van der Waals surface area contributed by atoms with Crippen LogP contribution in [0.2, 0.25) is 0 Å². The van der Waals surface area contributed by atoms with E-state index in [0.29, 0.717) is 0 Å². The van der Waals surface area contributed by atoms with Crippen LogP contribution in [0, 0.1) is 0 Å². The maximum atomic E-state index is 4.28. The summed E-state index contributed by atoms with van der Waals surface area (Å²) >= 11 is 0. The molecule has 1 atom stereocenters. The van der Waals surface area contributed by atoms with Gasteiger partial charge in [0.2, 0.25) is 0 Å². The number of fused-ring (bicyclic) bond motifs is 2. The Bertz CT molecular complexity index is 2720. The summed E-state index contributed by atoms with van der Waals surface area (Å²) in [4.78, 5) is 6.97. The summed E-state index contributed by atoms with van der Waals surface area (Å²) in [7, 11) is 0. The number of hydrogen-bond donors (Lipinski definition) is 1. The highest BCUT2D eigenvalue weighted by molar-refractivity contribution is 5.88. The Balaban J connectivity index is 1.08. The quantitative estimate of drug-likeness (QED) is 0.118. The lowest BCUT2D eigenvalue weighted by Gasteiger charge is -2.33. The number of allylic oxidation sites excluding steroid dienone is 6. The summed E-state index contributed by atoms with van der Waals surface area (Å²) in [5.74, 6) is 0. The Kier molecular flexibility index (Phi) is 11.3. The number of anilines is 8. The number of nitrogens with one attached hydrogen (secondary N) is 1. The lowest BCUT2D eigenvalue weighted by atomic mass is 9.96. The molecule has 4 nitrogen and oxygen atoms in total. The zero-order chi connectivity index (χ0) is 40.5. The topological polar surface area (TPSA) is 21.8 Å². The van der Waals surface area contributed by atoms with E-state index in [4.69, 9.17) is 0 Å². The fourth-order valence-corrected chi connectivity index (χ4v) is 8.15. The minimum Gasteiger partial charge on any atom is -0.356 e. The third-order valence-corrected chi connectivity index (χ3v) is 11.2. The van der Waals surface area contributed by atoms with Crippen molar-refractivity contribution in [1.29, 1.82) is 0 Å². The maximum Gasteiger partial charge on any atom is 0.0559 e.